The molecule has 122 valence electrons. The molecule has 3 rings (SSSR count). The molecule has 0 atom stereocenters. The van der Waals surface area contributed by atoms with Crippen LogP contribution in [0.4, 0.5) is 0 Å². The Morgan fingerprint density at radius 2 is 2.00 bits per heavy atom. The first-order valence-corrected chi connectivity index (χ1v) is 8.11. The molecule has 0 spiro atoms. The summed E-state index contributed by atoms with van der Waals surface area (Å²) in [6.45, 7) is 4.19. The van der Waals surface area contributed by atoms with Crippen molar-refractivity contribution in [2.75, 3.05) is 20.2 Å². The molecule has 0 radical (unpaired) electrons. The summed E-state index contributed by atoms with van der Waals surface area (Å²) < 4.78 is 6.76. The number of hydrogen-bond acceptors (Lipinski definition) is 4. The van der Waals surface area contributed by atoms with Crippen LogP contribution in [0.3, 0.4) is 0 Å². The molecule has 2 heterocycles. The number of methoxy groups -OCH3 is 1. The van der Waals surface area contributed by atoms with E-state index in [-0.39, 0.29) is 5.97 Å². The van der Waals surface area contributed by atoms with Crippen molar-refractivity contribution in [3.63, 3.8) is 0 Å². The molecule has 23 heavy (non-hydrogen) atoms. The molecule has 1 saturated heterocycles. The van der Waals surface area contributed by atoms with E-state index in [0.717, 1.165) is 26.2 Å². The number of likely N-dealkylation sites (tertiary alicyclic amines) is 1. The molecule has 2 aromatic rings. The lowest BCUT2D eigenvalue weighted by Gasteiger charge is -2.32. The average Bonchev–Trinajstić information content (AvgIpc) is 3.10. The van der Waals surface area contributed by atoms with Crippen LogP contribution in [0.15, 0.2) is 42.7 Å². The second kappa shape index (κ2) is 7.42. The quantitative estimate of drug-likeness (QED) is 0.796. The van der Waals surface area contributed by atoms with E-state index in [9.17, 15) is 4.79 Å². The maximum Gasteiger partial charge on any atom is 0.337 e. The van der Waals surface area contributed by atoms with Crippen LogP contribution in [0.25, 0.3) is 0 Å². The minimum Gasteiger partial charge on any atom is -0.465 e. The van der Waals surface area contributed by atoms with Crippen LogP contribution in [-0.2, 0) is 17.8 Å². The van der Waals surface area contributed by atoms with Gasteiger partial charge in [0.25, 0.3) is 0 Å². The molecule has 1 aliphatic heterocycles. The summed E-state index contributed by atoms with van der Waals surface area (Å²) in [4.78, 5) is 13.9. The van der Waals surface area contributed by atoms with E-state index in [4.69, 9.17) is 4.74 Å². The van der Waals surface area contributed by atoms with Crippen LogP contribution in [0, 0.1) is 5.92 Å². The molecule has 0 aliphatic carbocycles. The van der Waals surface area contributed by atoms with E-state index < -0.39 is 0 Å². The number of benzene rings is 1. The third-order valence-electron chi connectivity index (χ3n) is 4.49. The van der Waals surface area contributed by atoms with Gasteiger partial charge in [-0.25, -0.2) is 4.79 Å². The maximum absolute atomic E-state index is 11.4. The van der Waals surface area contributed by atoms with Crippen LogP contribution in [-0.4, -0.2) is 40.8 Å². The molecule has 5 heteroatoms. The molecular weight excluding hydrogens is 290 g/mol. The Balaban J connectivity index is 1.47. The van der Waals surface area contributed by atoms with Crippen LogP contribution in [0.2, 0.25) is 0 Å². The standard InChI is InChI=1S/C18H23N3O2/c1-23-18(22)17-5-3-15(4-6-17)13-20-11-7-16(8-12-20)14-21-10-2-9-19-21/h2-6,9-10,16H,7-8,11-14H2,1H3. The van der Waals surface area contributed by atoms with E-state index in [1.807, 2.05) is 47.4 Å². The van der Waals surface area contributed by atoms with Crippen LogP contribution >= 0.6 is 0 Å². The van der Waals surface area contributed by atoms with Gasteiger partial charge in [0.15, 0.2) is 0 Å². The highest BCUT2D eigenvalue weighted by molar-refractivity contribution is 5.89. The molecule has 1 aliphatic rings. The highest BCUT2D eigenvalue weighted by Gasteiger charge is 2.19. The van der Waals surface area contributed by atoms with Gasteiger partial charge in [0, 0.05) is 25.5 Å². The summed E-state index contributed by atoms with van der Waals surface area (Å²) >= 11 is 0. The van der Waals surface area contributed by atoms with Crippen molar-refractivity contribution in [3.8, 4) is 0 Å². The van der Waals surface area contributed by atoms with Crippen molar-refractivity contribution >= 4 is 5.97 Å². The maximum atomic E-state index is 11.4. The minimum atomic E-state index is -0.281. The Kier molecular flexibility index (Phi) is 5.08. The van der Waals surface area contributed by atoms with Gasteiger partial charge in [0.05, 0.1) is 12.7 Å². The molecule has 0 amide bonds. The lowest BCUT2D eigenvalue weighted by Crippen LogP contribution is -2.34. The van der Waals surface area contributed by atoms with Crippen molar-refractivity contribution in [3.05, 3.63) is 53.9 Å². The van der Waals surface area contributed by atoms with Gasteiger partial charge < -0.3 is 4.74 Å². The van der Waals surface area contributed by atoms with E-state index in [1.165, 1.54) is 25.5 Å². The second-order valence-electron chi connectivity index (χ2n) is 6.14. The zero-order valence-corrected chi connectivity index (χ0v) is 13.5. The molecule has 0 unspecified atom stereocenters. The van der Waals surface area contributed by atoms with Crippen molar-refractivity contribution in [1.82, 2.24) is 14.7 Å². The molecular formula is C18H23N3O2. The molecule has 1 fully saturated rings. The number of ether oxygens (including phenoxy) is 1. The number of nitrogens with zero attached hydrogens (tertiary/aromatic N) is 3. The molecule has 0 saturated carbocycles. The predicted molar refractivity (Wildman–Crippen MR) is 88.0 cm³/mol. The first-order valence-electron chi connectivity index (χ1n) is 8.11. The second-order valence-corrected chi connectivity index (χ2v) is 6.14. The van der Waals surface area contributed by atoms with Crippen LogP contribution in [0.5, 0.6) is 0 Å². The van der Waals surface area contributed by atoms with Crippen molar-refractivity contribution in [2.24, 2.45) is 5.92 Å². The largest absolute Gasteiger partial charge is 0.465 e. The molecule has 1 aromatic heterocycles. The number of esters is 1. The normalized spacial score (nSPS) is 16.4. The Morgan fingerprint density at radius 1 is 1.26 bits per heavy atom. The fourth-order valence-corrected chi connectivity index (χ4v) is 3.12. The Hall–Kier alpha value is -2.14. The minimum absolute atomic E-state index is 0.281. The number of rotatable bonds is 5. The number of hydrogen-bond donors (Lipinski definition) is 0. The van der Waals surface area contributed by atoms with Gasteiger partial charge in [-0.2, -0.15) is 5.10 Å². The zero-order valence-electron chi connectivity index (χ0n) is 13.5. The number of piperidine rings is 1. The van der Waals surface area contributed by atoms with E-state index >= 15 is 0 Å². The average molecular weight is 313 g/mol. The van der Waals surface area contributed by atoms with Gasteiger partial charge in [-0.1, -0.05) is 12.1 Å². The highest BCUT2D eigenvalue weighted by atomic mass is 16.5. The summed E-state index contributed by atoms with van der Waals surface area (Å²) in [6, 6.07) is 9.69. The van der Waals surface area contributed by atoms with Gasteiger partial charge in [0.2, 0.25) is 0 Å². The van der Waals surface area contributed by atoms with E-state index in [1.54, 1.807) is 0 Å². The first kappa shape index (κ1) is 15.7. The fraction of sp³-hybridized carbons (Fsp3) is 0.444. The number of carbonyl (C=O) groups is 1. The molecule has 1 aromatic carbocycles. The Morgan fingerprint density at radius 3 is 2.61 bits per heavy atom. The summed E-state index contributed by atoms with van der Waals surface area (Å²) in [5, 5.41) is 4.29. The van der Waals surface area contributed by atoms with E-state index in [2.05, 4.69) is 10.00 Å². The summed E-state index contributed by atoms with van der Waals surface area (Å²) in [6.07, 6.45) is 6.29. The Labute approximate surface area is 136 Å². The summed E-state index contributed by atoms with van der Waals surface area (Å²) in [5.41, 5.74) is 1.84. The molecule has 0 bridgehead atoms. The van der Waals surface area contributed by atoms with Gasteiger partial charge in [0.1, 0.15) is 0 Å². The molecule has 0 N–H and O–H groups in total. The van der Waals surface area contributed by atoms with Crippen molar-refractivity contribution in [1.29, 1.82) is 0 Å². The van der Waals surface area contributed by atoms with Crippen molar-refractivity contribution in [2.45, 2.75) is 25.9 Å². The number of aromatic nitrogens is 2. The van der Waals surface area contributed by atoms with E-state index in [0.29, 0.717) is 11.5 Å². The SMILES string of the molecule is COC(=O)c1ccc(CN2CCC(Cn3cccn3)CC2)cc1. The monoisotopic (exact) mass is 313 g/mol. The van der Waals surface area contributed by atoms with Crippen LogP contribution < -0.4 is 0 Å². The first-order chi connectivity index (χ1) is 11.2. The number of carbonyl (C=O) groups excluding carboxylic acids is 1. The third kappa shape index (κ3) is 4.20. The van der Waals surface area contributed by atoms with Gasteiger partial charge in [-0.3, -0.25) is 9.58 Å². The van der Waals surface area contributed by atoms with Gasteiger partial charge in [-0.15, -0.1) is 0 Å². The predicted octanol–water partition coefficient (Wildman–Crippen LogP) is 2.58. The third-order valence-corrected chi connectivity index (χ3v) is 4.49. The van der Waals surface area contributed by atoms with Crippen LogP contribution in [0.1, 0.15) is 28.8 Å². The topological polar surface area (TPSA) is 47.4 Å². The smallest absolute Gasteiger partial charge is 0.337 e. The van der Waals surface area contributed by atoms with Crippen molar-refractivity contribution < 1.29 is 9.53 Å². The Bertz CT molecular complexity index is 614. The zero-order chi connectivity index (χ0) is 16.1. The fourth-order valence-electron chi connectivity index (χ4n) is 3.12. The van der Waals surface area contributed by atoms with Gasteiger partial charge in [-0.05, 0) is 55.6 Å². The lowest BCUT2D eigenvalue weighted by molar-refractivity contribution is 0.0600. The molecule has 5 nitrogen and oxygen atoms in total. The lowest BCUT2D eigenvalue weighted by atomic mass is 9.96. The summed E-state index contributed by atoms with van der Waals surface area (Å²) in [5.74, 6) is 0.434. The summed E-state index contributed by atoms with van der Waals surface area (Å²) in [7, 11) is 1.41. The van der Waals surface area contributed by atoms with Gasteiger partial charge >= 0.3 is 5.97 Å². The highest BCUT2D eigenvalue weighted by Crippen LogP contribution is 2.20.